The van der Waals surface area contributed by atoms with Gasteiger partial charge in [-0.2, -0.15) is 0 Å². The number of rotatable bonds is 10. The van der Waals surface area contributed by atoms with Crippen LogP contribution in [-0.4, -0.2) is 39.4 Å². The van der Waals surface area contributed by atoms with Crippen LogP contribution in [0.4, 0.5) is 0 Å². The van der Waals surface area contributed by atoms with E-state index >= 15 is 0 Å². The van der Waals surface area contributed by atoms with Crippen LogP contribution in [0, 0.1) is 0 Å². The van der Waals surface area contributed by atoms with Gasteiger partial charge in [0.1, 0.15) is 25.2 Å². The smallest absolute Gasteiger partial charge is 0.151 e. The largest absolute Gasteiger partial charge is 0.495 e. The quantitative estimate of drug-likeness (QED) is 0.305. The van der Waals surface area contributed by atoms with Gasteiger partial charge in [0.2, 0.25) is 0 Å². The standard InChI is InChI=1S/C21H23BrN2O4/c1-15(26-3)21(24-27-4)17-11-8-12-19(22)18(17)13-28-23-20(14-25-2)16-9-6-5-7-10-16/h5-12H,1,13-14H2,2-4H3/b23-20+,24-21-. The highest BCUT2D eigenvalue weighted by Crippen LogP contribution is 2.24. The summed E-state index contributed by atoms with van der Waals surface area (Å²) in [5.41, 5.74) is 3.72. The fourth-order valence-corrected chi connectivity index (χ4v) is 2.95. The zero-order valence-corrected chi connectivity index (χ0v) is 17.7. The highest BCUT2D eigenvalue weighted by molar-refractivity contribution is 9.10. The Bertz CT molecular complexity index is 851. The van der Waals surface area contributed by atoms with E-state index in [-0.39, 0.29) is 6.61 Å². The van der Waals surface area contributed by atoms with E-state index in [4.69, 9.17) is 19.1 Å². The van der Waals surface area contributed by atoms with Crippen LogP contribution >= 0.6 is 15.9 Å². The molecule has 0 fully saturated rings. The molecule has 0 spiro atoms. The summed E-state index contributed by atoms with van der Waals surface area (Å²) >= 11 is 3.56. The molecule has 0 saturated carbocycles. The van der Waals surface area contributed by atoms with Crippen molar-refractivity contribution in [3.8, 4) is 0 Å². The second kappa shape index (κ2) is 11.3. The molecule has 6 nitrogen and oxygen atoms in total. The zero-order valence-electron chi connectivity index (χ0n) is 16.1. The Labute approximate surface area is 173 Å². The van der Waals surface area contributed by atoms with E-state index in [0.717, 1.165) is 21.2 Å². The Hall–Kier alpha value is -2.64. The third-order valence-corrected chi connectivity index (χ3v) is 4.58. The molecule has 0 amide bonds. The Balaban J connectivity index is 2.31. The fraction of sp³-hybridized carbons (Fsp3) is 0.238. The molecule has 0 saturated heterocycles. The Morgan fingerprint density at radius 1 is 1.00 bits per heavy atom. The van der Waals surface area contributed by atoms with Gasteiger partial charge in [-0.25, -0.2) is 0 Å². The molecule has 0 aromatic heterocycles. The van der Waals surface area contributed by atoms with Gasteiger partial charge < -0.3 is 19.1 Å². The molecule has 0 radical (unpaired) electrons. The first kappa shape index (κ1) is 21.7. The zero-order chi connectivity index (χ0) is 20.4. The molecule has 0 aliphatic rings. The van der Waals surface area contributed by atoms with E-state index in [1.807, 2.05) is 48.5 Å². The van der Waals surface area contributed by atoms with Crippen molar-refractivity contribution in [2.24, 2.45) is 10.3 Å². The lowest BCUT2D eigenvalue weighted by Crippen LogP contribution is -2.12. The predicted octanol–water partition coefficient (Wildman–Crippen LogP) is 4.53. The molecule has 2 aromatic rings. The van der Waals surface area contributed by atoms with Crippen molar-refractivity contribution in [2.45, 2.75) is 6.61 Å². The average molecular weight is 447 g/mol. The number of hydrogen-bond donors (Lipinski definition) is 0. The topological polar surface area (TPSA) is 61.6 Å². The molecular formula is C21H23BrN2O4. The van der Waals surface area contributed by atoms with Gasteiger partial charge in [-0.1, -0.05) is 75.3 Å². The minimum absolute atomic E-state index is 0.205. The molecular weight excluding hydrogens is 424 g/mol. The third kappa shape index (κ3) is 5.68. The van der Waals surface area contributed by atoms with Crippen LogP contribution in [0.5, 0.6) is 0 Å². The van der Waals surface area contributed by atoms with Crippen molar-refractivity contribution in [2.75, 3.05) is 27.9 Å². The summed E-state index contributed by atoms with van der Waals surface area (Å²) in [6.45, 7) is 4.42. The van der Waals surface area contributed by atoms with Gasteiger partial charge in [-0.15, -0.1) is 0 Å². The van der Waals surface area contributed by atoms with E-state index in [2.05, 4.69) is 32.8 Å². The predicted molar refractivity (Wildman–Crippen MR) is 113 cm³/mol. The van der Waals surface area contributed by atoms with Crippen LogP contribution in [0.3, 0.4) is 0 Å². The minimum atomic E-state index is 0.205. The van der Waals surface area contributed by atoms with E-state index < -0.39 is 0 Å². The van der Waals surface area contributed by atoms with Crippen LogP contribution in [0.2, 0.25) is 0 Å². The Morgan fingerprint density at radius 3 is 2.39 bits per heavy atom. The number of methoxy groups -OCH3 is 2. The van der Waals surface area contributed by atoms with Gasteiger partial charge in [0.05, 0.1) is 13.7 Å². The van der Waals surface area contributed by atoms with E-state index in [1.165, 1.54) is 14.2 Å². The lowest BCUT2D eigenvalue weighted by Gasteiger charge is -2.14. The van der Waals surface area contributed by atoms with Gasteiger partial charge in [0.15, 0.2) is 5.71 Å². The fourth-order valence-electron chi connectivity index (χ4n) is 2.47. The first-order valence-corrected chi connectivity index (χ1v) is 9.27. The average Bonchev–Trinajstić information content (AvgIpc) is 2.72. The van der Waals surface area contributed by atoms with Crippen molar-refractivity contribution in [3.63, 3.8) is 0 Å². The Morgan fingerprint density at radius 2 is 1.75 bits per heavy atom. The molecule has 0 aliphatic carbocycles. The van der Waals surface area contributed by atoms with Crippen LogP contribution in [-0.2, 0) is 25.8 Å². The number of nitrogens with zero attached hydrogens (tertiary/aromatic N) is 2. The molecule has 2 aromatic carbocycles. The summed E-state index contributed by atoms with van der Waals surface area (Å²) in [5.74, 6) is 0.383. The molecule has 0 heterocycles. The van der Waals surface area contributed by atoms with Gasteiger partial charge in [-0.05, 0) is 6.07 Å². The summed E-state index contributed by atoms with van der Waals surface area (Å²) in [4.78, 5) is 10.6. The van der Waals surface area contributed by atoms with Crippen molar-refractivity contribution >= 4 is 27.4 Å². The summed E-state index contributed by atoms with van der Waals surface area (Å²) in [5, 5.41) is 8.32. The lowest BCUT2D eigenvalue weighted by atomic mass is 10.0. The molecule has 0 bridgehead atoms. The Kier molecular flexibility index (Phi) is 8.71. The molecule has 7 heteroatoms. The molecule has 0 N–H and O–H groups in total. The summed E-state index contributed by atoms with van der Waals surface area (Å²) in [6.07, 6.45) is 0. The van der Waals surface area contributed by atoms with Crippen LogP contribution in [0.1, 0.15) is 16.7 Å². The summed E-state index contributed by atoms with van der Waals surface area (Å²) in [7, 11) is 4.62. The summed E-state index contributed by atoms with van der Waals surface area (Å²) in [6, 6.07) is 15.4. The highest BCUT2D eigenvalue weighted by Gasteiger charge is 2.17. The second-order valence-corrected chi connectivity index (χ2v) is 6.48. The van der Waals surface area contributed by atoms with Gasteiger partial charge in [0, 0.05) is 28.3 Å². The van der Waals surface area contributed by atoms with Gasteiger partial charge in [0.25, 0.3) is 0 Å². The number of ether oxygens (including phenoxy) is 2. The number of oxime groups is 2. The van der Waals surface area contributed by atoms with Crippen molar-refractivity contribution in [3.05, 3.63) is 82.0 Å². The normalized spacial score (nSPS) is 11.9. The van der Waals surface area contributed by atoms with Gasteiger partial charge >= 0.3 is 0 Å². The summed E-state index contributed by atoms with van der Waals surface area (Å²) < 4.78 is 11.3. The molecule has 0 unspecified atom stereocenters. The van der Waals surface area contributed by atoms with Crippen molar-refractivity contribution < 1.29 is 19.1 Å². The van der Waals surface area contributed by atoms with Gasteiger partial charge in [-0.3, -0.25) is 0 Å². The molecule has 28 heavy (non-hydrogen) atoms. The SMILES string of the molecule is C=C(OC)/C(=N/OC)c1cccc(Br)c1CO/N=C(\COC)c1ccccc1. The lowest BCUT2D eigenvalue weighted by molar-refractivity contribution is 0.126. The molecule has 0 atom stereocenters. The number of allylic oxidation sites excluding steroid dienone is 1. The monoisotopic (exact) mass is 446 g/mol. The molecule has 0 aliphatic heterocycles. The van der Waals surface area contributed by atoms with Crippen LogP contribution in [0.15, 0.2) is 75.7 Å². The third-order valence-electron chi connectivity index (χ3n) is 3.84. The van der Waals surface area contributed by atoms with E-state index in [9.17, 15) is 0 Å². The van der Waals surface area contributed by atoms with Crippen molar-refractivity contribution in [1.29, 1.82) is 0 Å². The second-order valence-electron chi connectivity index (χ2n) is 5.63. The first-order chi connectivity index (χ1) is 13.6. The molecule has 2 rings (SSSR count). The first-order valence-electron chi connectivity index (χ1n) is 8.47. The minimum Gasteiger partial charge on any atom is -0.495 e. The van der Waals surface area contributed by atoms with Crippen LogP contribution < -0.4 is 0 Å². The number of halogens is 1. The van der Waals surface area contributed by atoms with Crippen LogP contribution in [0.25, 0.3) is 0 Å². The van der Waals surface area contributed by atoms with E-state index in [1.54, 1.807) is 7.11 Å². The maximum Gasteiger partial charge on any atom is 0.151 e. The number of hydrogen-bond acceptors (Lipinski definition) is 6. The maximum atomic E-state index is 5.66. The maximum absolute atomic E-state index is 5.66. The highest BCUT2D eigenvalue weighted by atomic mass is 79.9. The number of benzene rings is 2. The van der Waals surface area contributed by atoms with E-state index in [0.29, 0.717) is 23.8 Å². The molecule has 148 valence electrons. The van der Waals surface area contributed by atoms with Crippen molar-refractivity contribution in [1.82, 2.24) is 0 Å².